The molecule has 0 radical (unpaired) electrons. The second-order valence-corrected chi connectivity index (χ2v) is 3.19. The van der Waals surface area contributed by atoms with Gasteiger partial charge in [-0.25, -0.2) is 9.18 Å². The first-order chi connectivity index (χ1) is 6.02. The van der Waals surface area contributed by atoms with E-state index in [1.54, 1.807) is 0 Å². The van der Waals surface area contributed by atoms with E-state index in [2.05, 4.69) is 10.2 Å². The highest BCUT2D eigenvalue weighted by Crippen LogP contribution is 2.22. The third kappa shape index (κ3) is 2.08. The molecule has 0 saturated heterocycles. The Morgan fingerprint density at radius 1 is 1.77 bits per heavy atom. The monoisotopic (exact) mass is 206 g/mol. The maximum Gasteiger partial charge on any atom is 0.349 e. The fraction of sp³-hybridized carbons (Fsp3) is 0.400. The summed E-state index contributed by atoms with van der Waals surface area (Å²) in [6, 6.07) is 0. The Morgan fingerprint density at radius 2 is 2.38 bits per heavy atom. The summed E-state index contributed by atoms with van der Waals surface area (Å²) in [5.41, 5.74) is 3.25. The van der Waals surface area contributed by atoms with Gasteiger partial charge in [-0.3, -0.25) is 4.57 Å². The van der Waals surface area contributed by atoms with Crippen LogP contribution in [0.5, 0.6) is 0 Å². The number of carboxylic acid groups (broad SMARTS) is 1. The molecule has 1 aromatic heterocycles. The van der Waals surface area contributed by atoms with Crippen LogP contribution in [0.15, 0.2) is 5.16 Å². The lowest BCUT2D eigenvalue weighted by Gasteiger charge is -2.01. The van der Waals surface area contributed by atoms with E-state index in [4.69, 9.17) is 10.8 Å². The van der Waals surface area contributed by atoms with Crippen molar-refractivity contribution in [1.29, 1.82) is 0 Å². The number of halogens is 1. The van der Waals surface area contributed by atoms with Crippen LogP contribution in [-0.2, 0) is 11.8 Å². The molecule has 0 fully saturated rings. The largest absolute Gasteiger partial charge is 0.478 e. The van der Waals surface area contributed by atoms with Crippen molar-refractivity contribution >= 4 is 23.7 Å². The first-order valence-corrected chi connectivity index (χ1v) is 4.08. The number of rotatable bonds is 3. The van der Waals surface area contributed by atoms with Gasteiger partial charge in [0.2, 0.25) is 11.5 Å². The average molecular weight is 206 g/mol. The van der Waals surface area contributed by atoms with E-state index in [1.807, 2.05) is 0 Å². The lowest BCUT2D eigenvalue weighted by atomic mass is 10.8. The van der Waals surface area contributed by atoms with Gasteiger partial charge in [0, 0.05) is 7.05 Å². The summed E-state index contributed by atoms with van der Waals surface area (Å²) in [6.45, 7) is 0. The maximum absolute atomic E-state index is 12.6. The van der Waals surface area contributed by atoms with Crippen molar-refractivity contribution in [3.05, 3.63) is 0 Å². The van der Waals surface area contributed by atoms with Gasteiger partial charge >= 0.3 is 5.97 Å². The number of thioether (sulfide) groups is 1. The normalized spacial score (nSPS) is 12.8. The molecule has 0 aliphatic carbocycles. The quantitative estimate of drug-likeness (QED) is 0.669. The second kappa shape index (κ2) is 3.60. The molecule has 13 heavy (non-hydrogen) atoms. The molecule has 1 aromatic rings. The van der Waals surface area contributed by atoms with Crippen LogP contribution >= 0.6 is 11.8 Å². The zero-order valence-corrected chi connectivity index (χ0v) is 7.45. The van der Waals surface area contributed by atoms with Crippen LogP contribution in [0.25, 0.3) is 0 Å². The van der Waals surface area contributed by atoms with Crippen molar-refractivity contribution in [2.45, 2.75) is 10.7 Å². The molecule has 8 heteroatoms. The summed E-state index contributed by atoms with van der Waals surface area (Å²) in [5, 5.41) is 15.3. The summed E-state index contributed by atoms with van der Waals surface area (Å²) in [4.78, 5) is 10.1. The number of anilines is 1. The van der Waals surface area contributed by atoms with Crippen molar-refractivity contribution in [3.8, 4) is 0 Å². The molecule has 0 spiro atoms. The van der Waals surface area contributed by atoms with Gasteiger partial charge in [0.25, 0.3) is 0 Å². The number of nitrogens with zero attached hydrogens (tertiary/aromatic N) is 3. The van der Waals surface area contributed by atoms with E-state index < -0.39 is 11.5 Å². The molecule has 0 saturated carbocycles. The van der Waals surface area contributed by atoms with Crippen molar-refractivity contribution in [3.63, 3.8) is 0 Å². The molecule has 6 nitrogen and oxygen atoms in total. The number of carboxylic acids is 1. The van der Waals surface area contributed by atoms with E-state index in [9.17, 15) is 9.18 Å². The van der Waals surface area contributed by atoms with Crippen LogP contribution in [0.3, 0.4) is 0 Å². The SMILES string of the molecule is Cn1c(N)nnc1SC(F)C(=O)O. The van der Waals surface area contributed by atoms with Gasteiger partial charge in [-0.05, 0) is 11.8 Å². The Hall–Kier alpha value is -1.31. The Bertz CT molecular complexity index is 328. The van der Waals surface area contributed by atoms with Crippen LogP contribution in [0.2, 0.25) is 0 Å². The van der Waals surface area contributed by atoms with Crippen molar-refractivity contribution in [2.75, 3.05) is 5.73 Å². The molecular formula is C5H7FN4O2S. The molecule has 1 heterocycles. The minimum Gasteiger partial charge on any atom is -0.478 e. The summed E-state index contributed by atoms with van der Waals surface area (Å²) < 4.78 is 13.9. The lowest BCUT2D eigenvalue weighted by molar-refractivity contribution is -0.139. The minimum absolute atomic E-state index is 0.111. The topological polar surface area (TPSA) is 94.0 Å². The molecule has 0 bridgehead atoms. The molecule has 0 aromatic carbocycles. The highest BCUT2D eigenvalue weighted by Gasteiger charge is 2.20. The van der Waals surface area contributed by atoms with Gasteiger partial charge in [-0.1, -0.05) is 0 Å². The van der Waals surface area contributed by atoms with Crippen LogP contribution < -0.4 is 5.73 Å². The first-order valence-electron chi connectivity index (χ1n) is 3.20. The lowest BCUT2D eigenvalue weighted by Crippen LogP contribution is -2.11. The molecular weight excluding hydrogens is 199 g/mol. The minimum atomic E-state index is -2.05. The van der Waals surface area contributed by atoms with Crippen molar-refractivity contribution in [2.24, 2.45) is 7.05 Å². The van der Waals surface area contributed by atoms with E-state index >= 15 is 0 Å². The van der Waals surface area contributed by atoms with Crippen LogP contribution in [0, 0.1) is 0 Å². The van der Waals surface area contributed by atoms with E-state index in [0.29, 0.717) is 11.8 Å². The molecule has 72 valence electrons. The van der Waals surface area contributed by atoms with Gasteiger partial charge < -0.3 is 10.8 Å². The summed E-state index contributed by atoms with van der Waals surface area (Å²) in [7, 11) is 1.52. The summed E-state index contributed by atoms with van der Waals surface area (Å²) in [6.07, 6.45) is 0. The number of aromatic nitrogens is 3. The van der Waals surface area contributed by atoms with Crippen molar-refractivity contribution in [1.82, 2.24) is 14.8 Å². The molecule has 3 N–H and O–H groups in total. The van der Waals surface area contributed by atoms with Gasteiger partial charge in [0.05, 0.1) is 0 Å². The third-order valence-electron chi connectivity index (χ3n) is 1.27. The predicted octanol–water partition coefficient (Wildman–Crippen LogP) is -0.130. The van der Waals surface area contributed by atoms with Gasteiger partial charge in [0.15, 0.2) is 5.16 Å². The smallest absolute Gasteiger partial charge is 0.349 e. The Labute approximate surface area is 76.9 Å². The number of carbonyl (C=O) groups is 1. The first kappa shape index (κ1) is 9.78. The Morgan fingerprint density at radius 3 is 2.77 bits per heavy atom. The van der Waals surface area contributed by atoms with Crippen LogP contribution in [0.4, 0.5) is 10.3 Å². The highest BCUT2D eigenvalue weighted by atomic mass is 32.2. The van der Waals surface area contributed by atoms with Crippen molar-refractivity contribution < 1.29 is 14.3 Å². The summed E-state index contributed by atoms with van der Waals surface area (Å²) >= 11 is 0.442. The molecule has 1 rings (SSSR count). The third-order valence-corrected chi connectivity index (χ3v) is 2.25. The number of aliphatic carboxylic acids is 1. The molecule has 1 unspecified atom stereocenters. The van der Waals surface area contributed by atoms with Gasteiger partial charge in [-0.2, -0.15) is 0 Å². The van der Waals surface area contributed by atoms with Gasteiger partial charge in [-0.15, -0.1) is 10.2 Å². The molecule has 0 aliphatic rings. The number of nitrogens with two attached hydrogens (primary N) is 1. The number of alkyl halides is 1. The van der Waals surface area contributed by atoms with Crippen LogP contribution in [-0.4, -0.2) is 31.3 Å². The zero-order valence-electron chi connectivity index (χ0n) is 6.64. The standard InChI is InChI=1S/C5H7FN4O2S/c1-10-4(7)8-9-5(10)13-2(6)3(11)12/h2H,1H3,(H2,7,8)(H,11,12). The fourth-order valence-electron chi connectivity index (χ4n) is 0.572. The maximum atomic E-state index is 12.6. The number of hydrogen-bond donors (Lipinski definition) is 2. The number of hydrogen-bond acceptors (Lipinski definition) is 5. The predicted molar refractivity (Wildman–Crippen MR) is 43.8 cm³/mol. The zero-order chi connectivity index (χ0) is 10.0. The van der Waals surface area contributed by atoms with Crippen LogP contribution in [0.1, 0.15) is 0 Å². The highest BCUT2D eigenvalue weighted by molar-refractivity contribution is 8.00. The Kier molecular flexibility index (Phi) is 2.71. The van der Waals surface area contributed by atoms with Gasteiger partial charge in [0.1, 0.15) is 0 Å². The molecule has 0 aliphatic heterocycles. The fourth-order valence-corrected chi connectivity index (χ4v) is 1.20. The molecule has 1 atom stereocenters. The Balaban J connectivity index is 2.74. The molecule has 0 amide bonds. The van der Waals surface area contributed by atoms with E-state index in [0.717, 1.165) is 0 Å². The average Bonchev–Trinajstić information content (AvgIpc) is 2.36. The van der Waals surface area contributed by atoms with E-state index in [1.165, 1.54) is 11.6 Å². The number of nitrogen functional groups attached to an aromatic ring is 1. The second-order valence-electron chi connectivity index (χ2n) is 2.17. The summed E-state index contributed by atoms with van der Waals surface area (Å²) in [5.74, 6) is -1.44. The van der Waals surface area contributed by atoms with E-state index in [-0.39, 0.29) is 11.1 Å².